The Kier molecular flexibility index (Phi) is 9.03. The Bertz CT molecular complexity index is 823. The van der Waals surface area contributed by atoms with E-state index in [1.165, 1.54) is 30.3 Å². The summed E-state index contributed by atoms with van der Waals surface area (Å²) in [6, 6.07) is 9.97. The quantitative estimate of drug-likeness (QED) is 0.229. The van der Waals surface area contributed by atoms with Gasteiger partial charge in [0.05, 0.1) is 6.10 Å². The molecule has 0 radical (unpaired) electrons. The van der Waals surface area contributed by atoms with E-state index >= 15 is 0 Å². The first kappa shape index (κ1) is 23.7. The molecule has 8 nitrogen and oxygen atoms in total. The van der Waals surface area contributed by atoms with Gasteiger partial charge in [0.25, 0.3) is 10.4 Å². The topological polar surface area (TPSA) is 139 Å². The number of hydrogen-bond donors (Lipinski definition) is 4. The summed E-state index contributed by atoms with van der Waals surface area (Å²) < 4.78 is 35.8. The van der Waals surface area contributed by atoms with E-state index in [1.54, 1.807) is 12.1 Å². The molecule has 0 aliphatic carbocycles. The molecule has 0 aliphatic heterocycles. The predicted molar refractivity (Wildman–Crippen MR) is 92.7 cm³/mol. The van der Waals surface area contributed by atoms with Crippen LogP contribution in [-0.4, -0.2) is 40.9 Å². The van der Waals surface area contributed by atoms with Crippen LogP contribution in [0.5, 0.6) is 17.2 Å². The molecular weight excluding hydrogens is 385 g/mol. The largest absolute Gasteiger partial charge is 1.00 e. The summed E-state index contributed by atoms with van der Waals surface area (Å²) in [5.41, 5.74) is 1.27. The molecule has 2 atom stereocenters. The summed E-state index contributed by atoms with van der Waals surface area (Å²) in [5, 5.41) is 32.2. The SMILES string of the molecule is CC(Cc1ccc(OS(=O)(=O)[O-])cc1)NCC(O)c1cc(O)cc(O)c1.[Na+]. The van der Waals surface area contributed by atoms with Gasteiger partial charge in [0.1, 0.15) is 17.2 Å². The Morgan fingerprint density at radius 2 is 1.67 bits per heavy atom. The van der Waals surface area contributed by atoms with Gasteiger partial charge >= 0.3 is 29.6 Å². The summed E-state index contributed by atoms with van der Waals surface area (Å²) in [6.07, 6.45) is -0.323. The average Bonchev–Trinajstić information content (AvgIpc) is 2.52. The monoisotopic (exact) mass is 405 g/mol. The van der Waals surface area contributed by atoms with Crippen LogP contribution in [0.25, 0.3) is 0 Å². The van der Waals surface area contributed by atoms with Crippen LogP contribution in [0, 0.1) is 0 Å². The van der Waals surface area contributed by atoms with Crippen molar-refractivity contribution in [2.75, 3.05) is 6.54 Å². The third-order valence-electron chi connectivity index (χ3n) is 3.63. The number of phenols is 2. The minimum Gasteiger partial charge on any atom is -0.716 e. The fourth-order valence-electron chi connectivity index (χ4n) is 2.47. The first-order valence-corrected chi connectivity index (χ1v) is 9.14. The first-order chi connectivity index (χ1) is 12.1. The van der Waals surface area contributed by atoms with E-state index in [2.05, 4.69) is 9.50 Å². The maximum absolute atomic E-state index is 10.5. The van der Waals surface area contributed by atoms with Gasteiger partial charge in [-0.05, 0) is 48.7 Å². The van der Waals surface area contributed by atoms with Gasteiger partial charge in [-0.3, -0.25) is 0 Å². The van der Waals surface area contributed by atoms with E-state index in [9.17, 15) is 28.3 Å². The van der Waals surface area contributed by atoms with Crippen LogP contribution < -0.4 is 39.1 Å². The van der Waals surface area contributed by atoms with Crippen molar-refractivity contribution in [3.8, 4) is 17.2 Å². The van der Waals surface area contributed by atoms with E-state index in [-0.39, 0.29) is 59.4 Å². The van der Waals surface area contributed by atoms with Crippen LogP contribution in [0.3, 0.4) is 0 Å². The van der Waals surface area contributed by atoms with E-state index in [0.29, 0.717) is 12.0 Å². The predicted octanol–water partition coefficient (Wildman–Crippen LogP) is -1.80. The Hall–Kier alpha value is -1.33. The maximum Gasteiger partial charge on any atom is 1.00 e. The second kappa shape index (κ2) is 10.3. The number of nitrogens with one attached hydrogen (secondary N) is 1. The van der Waals surface area contributed by atoms with Crippen molar-refractivity contribution in [1.29, 1.82) is 0 Å². The number of aliphatic hydroxyl groups is 1. The molecule has 0 bridgehead atoms. The number of aromatic hydroxyl groups is 2. The molecule has 27 heavy (non-hydrogen) atoms. The molecule has 10 heteroatoms. The molecule has 142 valence electrons. The average molecular weight is 405 g/mol. The van der Waals surface area contributed by atoms with Gasteiger partial charge in [0.15, 0.2) is 0 Å². The summed E-state index contributed by atoms with van der Waals surface area (Å²) in [5.74, 6) is -0.313. The molecule has 2 unspecified atom stereocenters. The van der Waals surface area contributed by atoms with Crippen LogP contribution >= 0.6 is 0 Å². The van der Waals surface area contributed by atoms with Crippen LogP contribution in [0.15, 0.2) is 42.5 Å². The Balaban J connectivity index is 0.00000364. The zero-order valence-corrected chi connectivity index (χ0v) is 17.8. The molecule has 4 N–H and O–H groups in total. The van der Waals surface area contributed by atoms with Gasteiger partial charge < -0.3 is 29.4 Å². The van der Waals surface area contributed by atoms with Crippen molar-refractivity contribution in [3.63, 3.8) is 0 Å². The zero-order chi connectivity index (χ0) is 19.3. The summed E-state index contributed by atoms with van der Waals surface area (Å²) in [6.45, 7) is 2.11. The normalized spacial score (nSPS) is 13.4. The molecule has 0 fully saturated rings. The molecule has 2 aromatic carbocycles. The molecule has 0 aliphatic rings. The van der Waals surface area contributed by atoms with Gasteiger partial charge in [0.2, 0.25) is 0 Å². The molecule has 2 rings (SSSR count). The van der Waals surface area contributed by atoms with Crippen LogP contribution in [0.2, 0.25) is 0 Å². The number of hydrogen-bond acceptors (Lipinski definition) is 8. The number of aliphatic hydroxyl groups excluding tert-OH is 1. The zero-order valence-electron chi connectivity index (χ0n) is 15.0. The van der Waals surface area contributed by atoms with Crippen LogP contribution in [0.1, 0.15) is 24.2 Å². The van der Waals surface area contributed by atoms with Gasteiger partial charge in [-0.1, -0.05) is 12.1 Å². The Morgan fingerprint density at radius 1 is 1.11 bits per heavy atom. The maximum atomic E-state index is 10.5. The fraction of sp³-hybridized carbons (Fsp3) is 0.294. The fourth-order valence-corrected chi connectivity index (χ4v) is 2.81. The third kappa shape index (κ3) is 8.48. The van der Waals surface area contributed by atoms with Crippen molar-refractivity contribution in [1.82, 2.24) is 5.32 Å². The number of benzene rings is 2. The Morgan fingerprint density at radius 3 is 2.19 bits per heavy atom. The van der Waals surface area contributed by atoms with Crippen LogP contribution in [0.4, 0.5) is 0 Å². The van der Waals surface area contributed by atoms with E-state index in [4.69, 9.17) is 0 Å². The molecule has 0 heterocycles. The van der Waals surface area contributed by atoms with Gasteiger partial charge in [-0.15, -0.1) is 0 Å². The van der Waals surface area contributed by atoms with E-state index < -0.39 is 16.5 Å². The van der Waals surface area contributed by atoms with Gasteiger partial charge in [-0.2, -0.15) is 0 Å². The van der Waals surface area contributed by atoms with Gasteiger partial charge in [-0.25, -0.2) is 8.42 Å². The summed E-state index contributed by atoms with van der Waals surface area (Å²) >= 11 is 0. The minimum atomic E-state index is -4.79. The minimum absolute atomic E-state index is 0. The second-order valence-electron chi connectivity index (χ2n) is 5.95. The first-order valence-electron chi connectivity index (χ1n) is 7.81. The van der Waals surface area contributed by atoms with Crippen molar-refractivity contribution < 1.29 is 62.0 Å². The summed E-state index contributed by atoms with van der Waals surface area (Å²) in [4.78, 5) is 0. The van der Waals surface area contributed by atoms with Crippen molar-refractivity contribution in [2.24, 2.45) is 0 Å². The standard InChI is InChI=1S/C17H21NO7S.Na/c1-11(6-12-2-4-16(5-3-12)25-26(22,23)24)18-10-17(21)13-7-14(19)9-15(20)8-13;/h2-5,7-9,11,17-21H,6,10H2,1H3,(H,22,23,24);/q;+1/p-1. The molecule has 0 saturated carbocycles. The molecule has 0 saturated heterocycles. The number of phenolic OH excluding ortho intramolecular Hbond substituents is 2. The third-order valence-corrected chi connectivity index (χ3v) is 4.03. The smallest absolute Gasteiger partial charge is 0.716 e. The van der Waals surface area contributed by atoms with Crippen molar-refractivity contribution in [3.05, 3.63) is 53.6 Å². The van der Waals surface area contributed by atoms with Crippen molar-refractivity contribution >= 4 is 10.4 Å². The van der Waals surface area contributed by atoms with E-state index in [1.807, 2.05) is 6.92 Å². The molecule has 0 spiro atoms. The number of rotatable bonds is 8. The summed E-state index contributed by atoms with van der Waals surface area (Å²) in [7, 11) is -4.79. The van der Waals surface area contributed by atoms with Gasteiger partial charge in [0, 0.05) is 18.7 Å². The van der Waals surface area contributed by atoms with Crippen LogP contribution in [-0.2, 0) is 16.8 Å². The Labute approximate surface area is 180 Å². The van der Waals surface area contributed by atoms with E-state index in [0.717, 1.165) is 5.56 Å². The molecule has 0 aromatic heterocycles. The molecular formula is C17H20NNaO7S. The molecule has 2 aromatic rings. The second-order valence-corrected chi connectivity index (χ2v) is 6.93. The van der Waals surface area contributed by atoms with Crippen molar-refractivity contribution in [2.45, 2.75) is 25.5 Å². The molecule has 0 amide bonds.